The van der Waals surface area contributed by atoms with Gasteiger partial charge in [-0.3, -0.25) is 10.1 Å². The molecular weight excluding hydrogens is 352 g/mol. The highest BCUT2D eigenvalue weighted by Gasteiger charge is 2.28. The predicted molar refractivity (Wildman–Crippen MR) is 99.2 cm³/mol. The topological polar surface area (TPSA) is 135 Å². The Morgan fingerprint density at radius 2 is 2.19 bits per heavy atom. The van der Waals surface area contributed by atoms with Gasteiger partial charge in [0.05, 0.1) is 12.0 Å². The van der Waals surface area contributed by atoms with Crippen molar-refractivity contribution in [2.75, 3.05) is 24.4 Å². The Morgan fingerprint density at radius 3 is 2.93 bits per heavy atom. The Morgan fingerprint density at radius 1 is 1.37 bits per heavy atom. The second-order valence-corrected chi connectivity index (χ2v) is 6.35. The lowest BCUT2D eigenvalue weighted by molar-refractivity contribution is -0.384. The summed E-state index contributed by atoms with van der Waals surface area (Å²) in [6, 6.07) is 3.40. The third kappa shape index (κ3) is 4.40. The number of aromatic nitrogens is 3. The van der Waals surface area contributed by atoms with Gasteiger partial charge in [0.15, 0.2) is 0 Å². The third-order valence-electron chi connectivity index (χ3n) is 4.64. The van der Waals surface area contributed by atoms with Crippen molar-refractivity contribution >= 4 is 23.1 Å². The lowest BCUT2D eigenvalue weighted by Crippen LogP contribution is -2.34. The van der Waals surface area contributed by atoms with E-state index in [9.17, 15) is 15.2 Å². The van der Waals surface area contributed by atoms with E-state index in [0.29, 0.717) is 11.6 Å². The van der Waals surface area contributed by atoms with Crippen molar-refractivity contribution in [3.8, 4) is 5.88 Å². The van der Waals surface area contributed by atoms with Gasteiger partial charge in [-0.2, -0.15) is 4.98 Å². The maximum atomic E-state index is 11.4. The van der Waals surface area contributed by atoms with Crippen LogP contribution in [0, 0.1) is 16.0 Å². The van der Waals surface area contributed by atoms with E-state index < -0.39 is 4.92 Å². The van der Waals surface area contributed by atoms with Gasteiger partial charge < -0.3 is 20.5 Å². The minimum absolute atomic E-state index is 0.0362. The van der Waals surface area contributed by atoms with Gasteiger partial charge in [-0.25, -0.2) is 9.97 Å². The second kappa shape index (κ2) is 8.58. The molecule has 10 heteroatoms. The van der Waals surface area contributed by atoms with Gasteiger partial charge in [-0.05, 0) is 25.0 Å². The molecule has 2 atom stereocenters. The number of nitrogens with zero attached hydrogens (tertiary/aromatic N) is 4. The Hall–Kier alpha value is -3.01. The molecule has 10 nitrogen and oxygen atoms in total. The van der Waals surface area contributed by atoms with Crippen molar-refractivity contribution in [1.82, 2.24) is 15.0 Å². The predicted octanol–water partition coefficient (Wildman–Crippen LogP) is 2.50. The van der Waals surface area contributed by atoms with Gasteiger partial charge in [-0.15, -0.1) is 0 Å². The van der Waals surface area contributed by atoms with E-state index in [0.717, 1.165) is 31.9 Å². The summed E-state index contributed by atoms with van der Waals surface area (Å²) in [5, 5.41) is 27.1. The van der Waals surface area contributed by atoms with E-state index in [1.54, 1.807) is 18.3 Å². The summed E-state index contributed by atoms with van der Waals surface area (Å²) in [6.45, 7) is 0.0362. The van der Waals surface area contributed by atoms with Crippen molar-refractivity contribution in [3.05, 3.63) is 34.6 Å². The van der Waals surface area contributed by atoms with Crippen LogP contribution in [0.5, 0.6) is 5.88 Å². The van der Waals surface area contributed by atoms with Crippen LogP contribution in [0.2, 0.25) is 0 Å². The smallest absolute Gasteiger partial charge is 0.329 e. The molecule has 0 aromatic carbocycles. The van der Waals surface area contributed by atoms with Crippen LogP contribution in [0.1, 0.15) is 25.7 Å². The van der Waals surface area contributed by atoms with Gasteiger partial charge in [0, 0.05) is 24.8 Å². The molecule has 3 N–H and O–H groups in total. The number of hydrogen-bond donors (Lipinski definition) is 3. The molecule has 0 amide bonds. The molecule has 27 heavy (non-hydrogen) atoms. The summed E-state index contributed by atoms with van der Waals surface area (Å²) >= 11 is 0. The molecule has 1 fully saturated rings. The highest BCUT2D eigenvalue weighted by molar-refractivity contribution is 5.63. The Kier molecular flexibility index (Phi) is 5.97. The summed E-state index contributed by atoms with van der Waals surface area (Å²) in [5.74, 6) is 0.723. The monoisotopic (exact) mass is 374 g/mol. The van der Waals surface area contributed by atoms with E-state index in [2.05, 4.69) is 25.6 Å². The van der Waals surface area contributed by atoms with E-state index in [4.69, 9.17) is 4.74 Å². The number of rotatable bonds is 7. The average molecular weight is 374 g/mol. The normalized spacial score (nSPS) is 19.3. The zero-order chi connectivity index (χ0) is 19.2. The average Bonchev–Trinajstić information content (AvgIpc) is 2.69. The number of aliphatic hydroxyl groups excluding tert-OH is 1. The number of anilines is 3. The highest BCUT2D eigenvalue weighted by Crippen LogP contribution is 2.31. The number of nitro groups is 1. The van der Waals surface area contributed by atoms with E-state index in [1.165, 1.54) is 7.11 Å². The van der Waals surface area contributed by atoms with Crippen LogP contribution < -0.4 is 15.4 Å². The fourth-order valence-corrected chi connectivity index (χ4v) is 3.24. The zero-order valence-electron chi connectivity index (χ0n) is 15.0. The van der Waals surface area contributed by atoms with Gasteiger partial charge in [-0.1, -0.05) is 12.8 Å². The van der Waals surface area contributed by atoms with E-state index >= 15 is 0 Å². The first-order valence-corrected chi connectivity index (χ1v) is 8.77. The minimum Gasteiger partial charge on any atom is -0.480 e. The molecule has 1 aliphatic carbocycles. The Balaban J connectivity index is 1.87. The number of methoxy groups -OCH3 is 1. The van der Waals surface area contributed by atoms with E-state index in [-0.39, 0.29) is 36.0 Å². The minimum atomic E-state index is -0.520. The number of aliphatic hydroxyl groups is 1. The second-order valence-electron chi connectivity index (χ2n) is 6.35. The molecule has 3 rings (SSSR count). The lowest BCUT2D eigenvalue weighted by atomic mass is 9.85. The molecule has 0 aliphatic heterocycles. The molecule has 2 heterocycles. The molecule has 0 saturated heterocycles. The quantitative estimate of drug-likeness (QED) is 0.493. The fourth-order valence-electron chi connectivity index (χ4n) is 3.24. The zero-order valence-corrected chi connectivity index (χ0v) is 15.0. The lowest BCUT2D eigenvalue weighted by Gasteiger charge is -2.31. The first-order chi connectivity index (χ1) is 13.1. The van der Waals surface area contributed by atoms with Gasteiger partial charge >= 0.3 is 5.69 Å². The largest absolute Gasteiger partial charge is 0.480 e. The number of ether oxygens (including phenoxy) is 1. The Bertz CT molecular complexity index is 803. The summed E-state index contributed by atoms with van der Waals surface area (Å²) in [6.07, 6.45) is 6.51. The fraction of sp³-hybridized carbons (Fsp3) is 0.471. The molecule has 2 aromatic heterocycles. The molecule has 0 bridgehead atoms. The maximum absolute atomic E-state index is 11.4. The number of nitrogens with one attached hydrogen (secondary N) is 2. The van der Waals surface area contributed by atoms with Gasteiger partial charge in [0.1, 0.15) is 11.9 Å². The van der Waals surface area contributed by atoms with Gasteiger partial charge in [0.2, 0.25) is 17.6 Å². The van der Waals surface area contributed by atoms with Crippen LogP contribution in [-0.2, 0) is 0 Å². The summed E-state index contributed by atoms with van der Waals surface area (Å²) < 4.78 is 5.18. The van der Waals surface area contributed by atoms with Crippen LogP contribution in [0.15, 0.2) is 24.5 Å². The van der Waals surface area contributed by atoms with Crippen molar-refractivity contribution < 1.29 is 14.8 Å². The molecule has 144 valence electrons. The molecule has 0 spiro atoms. The molecular formula is C17H22N6O4. The van der Waals surface area contributed by atoms with Crippen molar-refractivity contribution in [3.63, 3.8) is 0 Å². The molecule has 0 radical (unpaired) electrons. The highest BCUT2D eigenvalue weighted by atomic mass is 16.6. The summed E-state index contributed by atoms with van der Waals surface area (Å²) in [5.41, 5.74) is 0.340. The van der Waals surface area contributed by atoms with Crippen LogP contribution in [0.4, 0.5) is 23.1 Å². The standard InChI is InChI=1S/C17H22N6O4/c1-27-16-13(7-4-8-18-16)21-17-19-9-14(23(25)26)15(22-17)20-12-6-3-2-5-11(12)10-24/h4,7-9,11-12,24H,2-3,5-6,10H2,1H3,(H2,19,20,21,22). The first-order valence-electron chi connectivity index (χ1n) is 8.77. The number of pyridine rings is 1. The first kappa shape index (κ1) is 18.8. The van der Waals surface area contributed by atoms with Crippen molar-refractivity contribution in [1.29, 1.82) is 0 Å². The SMILES string of the molecule is COc1ncccc1Nc1ncc([N+](=O)[O-])c(NC2CCCCC2CO)n1. The summed E-state index contributed by atoms with van der Waals surface area (Å²) in [7, 11) is 1.50. The molecule has 1 saturated carbocycles. The van der Waals surface area contributed by atoms with Gasteiger partial charge in [0.25, 0.3) is 0 Å². The third-order valence-corrected chi connectivity index (χ3v) is 4.64. The molecule has 2 aromatic rings. The molecule has 1 aliphatic rings. The maximum Gasteiger partial charge on any atom is 0.329 e. The van der Waals surface area contributed by atoms with Crippen molar-refractivity contribution in [2.24, 2.45) is 5.92 Å². The number of hydrogen-bond acceptors (Lipinski definition) is 9. The van der Waals surface area contributed by atoms with Crippen LogP contribution in [0.3, 0.4) is 0 Å². The Labute approximate surface area is 156 Å². The van der Waals surface area contributed by atoms with Crippen LogP contribution in [0.25, 0.3) is 0 Å². The van der Waals surface area contributed by atoms with Crippen molar-refractivity contribution in [2.45, 2.75) is 31.7 Å². The molecule has 2 unspecified atom stereocenters. The van der Waals surface area contributed by atoms with Crippen LogP contribution in [-0.4, -0.2) is 44.7 Å². The van der Waals surface area contributed by atoms with E-state index in [1.807, 2.05) is 0 Å². The summed E-state index contributed by atoms with van der Waals surface area (Å²) in [4.78, 5) is 23.2. The van der Waals surface area contributed by atoms with Crippen LogP contribution >= 0.6 is 0 Å².